The molecule has 0 aliphatic carbocycles. The molecular weight excluding hydrogens is 216 g/mol. The average Bonchev–Trinajstić information content (AvgIpc) is 1.87. The van der Waals surface area contributed by atoms with Crippen LogP contribution in [-0.2, 0) is 0 Å². The minimum absolute atomic E-state index is 0. The van der Waals surface area contributed by atoms with Crippen LogP contribution in [0.2, 0.25) is 6.55 Å². The quantitative estimate of drug-likeness (QED) is 0.235. The molecule has 0 fully saturated rings. The Hall–Kier alpha value is 0.143. The Morgan fingerprint density at radius 1 is 1.30 bits per heavy atom. The monoisotopic (exact) mass is 220 g/mol. The van der Waals surface area contributed by atoms with E-state index in [2.05, 4.69) is 16.6 Å². The maximum Gasteiger partial charge on any atom is 2.00 e. The fourth-order valence-electron chi connectivity index (χ4n) is 0.114. The van der Waals surface area contributed by atoms with Gasteiger partial charge in [0.1, 0.15) is 0 Å². The zero-order valence-corrected chi connectivity index (χ0v) is 9.74. The molecule has 0 N–H and O–H groups in total. The van der Waals surface area contributed by atoms with Gasteiger partial charge in [-0.1, -0.05) is 0 Å². The van der Waals surface area contributed by atoms with Gasteiger partial charge in [-0.05, 0) is 6.55 Å². The maximum absolute atomic E-state index is 6.68. The zero-order chi connectivity index (χ0) is 6.62. The number of hydrogen-bond acceptors (Lipinski definition) is 0. The van der Waals surface area contributed by atoms with Gasteiger partial charge in [0.2, 0.25) is 8.07 Å². The first kappa shape index (κ1) is 16.6. The second-order valence-electron chi connectivity index (χ2n) is 1.54. The van der Waals surface area contributed by atoms with Crippen molar-refractivity contribution < 1.29 is 17.0 Å². The Morgan fingerprint density at radius 2 is 1.60 bits per heavy atom. The summed E-state index contributed by atoms with van der Waals surface area (Å²) in [4.78, 5) is 0. The van der Waals surface area contributed by atoms with Crippen LogP contribution < -0.4 is 17.0 Å². The predicted molar refractivity (Wildman–Crippen MR) is 42.2 cm³/mol. The van der Waals surface area contributed by atoms with Crippen molar-refractivity contribution in [3.63, 3.8) is 0 Å². The van der Waals surface area contributed by atoms with Crippen LogP contribution >= 0.6 is 0 Å². The summed E-state index contributed by atoms with van der Waals surface area (Å²) in [5, 5.41) is 0. The fourth-order valence-corrected chi connectivity index (χ4v) is 0.342. The molecule has 46 valence electrons. The summed E-state index contributed by atoms with van der Waals surface area (Å²) >= 11 is 0. The second-order valence-corrected chi connectivity index (χ2v) is 4.62. The van der Waals surface area contributed by atoms with Crippen LogP contribution in [-0.4, -0.2) is 31.1 Å². The zero-order valence-electron chi connectivity index (χ0n) is 5.74. The topological polar surface area (TPSA) is 0 Å². The third-order valence-electron chi connectivity index (χ3n) is 0.827. The third-order valence-corrected chi connectivity index (χ3v) is 2.48. The van der Waals surface area contributed by atoms with E-state index in [-0.39, 0.29) is 40.0 Å². The molecule has 0 saturated heterocycles. The van der Waals surface area contributed by atoms with E-state index in [0.29, 0.717) is 0 Å². The Morgan fingerprint density at radius 3 is 1.60 bits per heavy atom. The largest absolute Gasteiger partial charge is 2.00 e. The van der Waals surface area contributed by atoms with Crippen LogP contribution in [0.15, 0.2) is 0 Å². The number of rotatable bonds is 0. The summed E-state index contributed by atoms with van der Waals surface area (Å²) in [5.41, 5.74) is 6.96. The van der Waals surface area contributed by atoms with Crippen molar-refractivity contribution in [2.24, 2.45) is 0 Å². The number of terminal acetylenes is 2. The molecule has 0 aromatic rings. The van der Waals surface area contributed by atoms with Gasteiger partial charge >= 0.3 is 23.1 Å². The Bertz CT molecular complexity index is 167. The second kappa shape index (κ2) is 7.25. The summed E-state index contributed by atoms with van der Waals surface area (Å²) in [5.74, 6) is 0. The standard InChI is InChI=1S/C7H5Si.BrH.Mg/c1-5-8(4,6-2)7-3;;/h1-2H,4H3;1H;/q-1;;+2/p-1. The molecular formula is C7H5BrMgSi. The molecule has 0 unspecified atom stereocenters. The van der Waals surface area contributed by atoms with E-state index in [1.54, 1.807) is 6.55 Å². The molecule has 10 heavy (non-hydrogen) atoms. The van der Waals surface area contributed by atoms with Gasteiger partial charge in [0.05, 0.1) is 0 Å². The maximum atomic E-state index is 6.68. The van der Waals surface area contributed by atoms with Gasteiger partial charge in [0.25, 0.3) is 0 Å². The van der Waals surface area contributed by atoms with Gasteiger partial charge in [0.15, 0.2) is 0 Å². The van der Waals surface area contributed by atoms with E-state index in [0.717, 1.165) is 0 Å². The molecule has 0 spiro atoms. The van der Waals surface area contributed by atoms with E-state index in [4.69, 9.17) is 19.3 Å². The SMILES string of the molecule is [Br-].[C-]#C[Si](C)(C#C)C#C.[Mg+2]. The van der Waals surface area contributed by atoms with Crippen LogP contribution in [0.1, 0.15) is 0 Å². The first-order valence-electron chi connectivity index (χ1n) is 2.08. The summed E-state index contributed by atoms with van der Waals surface area (Å²) in [6.45, 7) is 1.72. The summed E-state index contributed by atoms with van der Waals surface area (Å²) in [6, 6.07) is 0. The Labute approximate surface area is 90.1 Å². The van der Waals surface area contributed by atoms with E-state index in [1.165, 1.54) is 0 Å². The average molecular weight is 221 g/mol. The van der Waals surface area contributed by atoms with E-state index in [9.17, 15) is 0 Å². The molecule has 0 amide bonds. The molecule has 0 rings (SSSR count). The van der Waals surface area contributed by atoms with Crippen LogP contribution in [0.25, 0.3) is 0 Å². The van der Waals surface area contributed by atoms with E-state index < -0.39 is 8.07 Å². The van der Waals surface area contributed by atoms with E-state index in [1.807, 2.05) is 0 Å². The summed E-state index contributed by atoms with van der Waals surface area (Å²) in [7, 11) is -2.20. The van der Waals surface area contributed by atoms with Crippen molar-refractivity contribution in [3.05, 3.63) is 6.42 Å². The predicted octanol–water partition coefficient (Wildman–Crippen LogP) is -2.84. The van der Waals surface area contributed by atoms with Gasteiger partial charge in [-0.2, -0.15) is 0 Å². The molecule has 0 aliphatic heterocycles. The molecule has 0 aromatic heterocycles. The molecule has 0 radical (unpaired) electrons. The van der Waals surface area contributed by atoms with Gasteiger partial charge < -0.3 is 28.9 Å². The third kappa shape index (κ3) is 4.97. The number of halogens is 1. The van der Waals surface area contributed by atoms with Gasteiger partial charge in [0, 0.05) is 0 Å². The van der Waals surface area contributed by atoms with E-state index >= 15 is 0 Å². The minimum atomic E-state index is -2.20. The molecule has 0 aliphatic rings. The summed E-state index contributed by atoms with van der Waals surface area (Å²) in [6.07, 6.45) is 16.7. The van der Waals surface area contributed by atoms with Gasteiger partial charge in [-0.25, -0.2) is 0 Å². The van der Waals surface area contributed by atoms with Crippen LogP contribution in [0, 0.1) is 35.9 Å². The molecule has 0 aromatic carbocycles. The Kier molecular flexibility index (Phi) is 12.1. The first-order valence-corrected chi connectivity index (χ1v) is 4.58. The van der Waals surface area contributed by atoms with Crippen molar-refractivity contribution in [1.82, 2.24) is 0 Å². The molecule has 0 nitrogen and oxygen atoms in total. The molecule has 0 saturated carbocycles. The van der Waals surface area contributed by atoms with Crippen molar-refractivity contribution in [2.75, 3.05) is 0 Å². The van der Waals surface area contributed by atoms with Crippen molar-refractivity contribution in [1.29, 1.82) is 0 Å². The van der Waals surface area contributed by atoms with Crippen molar-refractivity contribution in [2.45, 2.75) is 6.55 Å². The molecule has 0 bridgehead atoms. The number of hydrogen-bond donors (Lipinski definition) is 0. The van der Waals surface area contributed by atoms with Crippen LogP contribution in [0.3, 0.4) is 0 Å². The van der Waals surface area contributed by atoms with Crippen LogP contribution in [0.4, 0.5) is 0 Å². The first-order chi connectivity index (χ1) is 3.68. The van der Waals surface area contributed by atoms with Crippen LogP contribution in [0.5, 0.6) is 0 Å². The van der Waals surface area contributed by atoms with Gasteiger partial charge in [-0.15, -0.1) is 23.9 Å². The smallest absolute Gasteiger partial charge is 1.00 e. The van der Waals surface area contributed by atoms with Crippen molar-refractivity contribution in [3.8, 4) is 29.5 Å². The normalized spacial score (nSPS) is 6.60. The molecule has 3 heteroatoms. The fraction of sp³-hybridized carbons (Fsp3) is 0.143. The Balaban J connectivity index is -0.000000245. The minimum Gasteiger partial charge on any atom is -1.00 e. The molecule has 0 atom stereocenters. The summed E-state index contributed by atoms with van der Waals surface area (Å²) < 4.78 is 0. The van der Waals surface area contributed by atoms with Gasteiger partial charge in [-0.3, -0.25) is 0 Å². The van der Waals surface area contributed by atoms with Crippen molar-refractivity contribution >= 4 is 31.1 Å². The molecule has 0 heterocycles.